The Morgan fingerprint density at radius 1 is 1.04 bits per heavy atom. The maximum atomic E-state index is 13.5. The number of rotatable bonds is 1. The van der Waals surface area contributed by atoms with Crippen molar-refractivity contribution in [3.05, 3.63) is 59.7 Å². The lowest BCUT2D eigenvalue weighted by molar-refractivity contribution is -0.137. The quantitative estimate of drug-likeness (QED) is 0.729. The number of carbonyl (C=O) groups is 1. The first-order chi connectivity index (χ1) is 12.4. The number of hydrogen-bond donors (Lipinski definition) is 0. The van der Waals surface area contributed by atoms with Crippen LogP contribution in [0.3, 0.4) is 0 Å². The molecule has 1 aliphatic heterocycles. The van der Waals surface area contributed by atoms with Gasteiger partial charge >= 0.3 is 6.18 Å². The van der Waals surface area contributed by atoms with E-state index in [-0.39, 0.29) is 11.1 Å². The standard InChI is InChI=1S/C20H16F3NO2/c21-20(22,23)18-14-15(6-8-17(18)16-4-2-1-3-5-16)7-9-19(25)24-10-12-26-13-11-24/h1-6,8,14H,10-13H2. The molecule has 0 atom stereocenters. The number of amides is 1. The molecule has 1 amide bonds. The number of benzene rings is 2. The number of alkyl halides is 3. The molecule has 0 spiro atoms. The number of carbonyl (C=O) groups excluding carboxylic acids is 1. The highest BCUT2D eigenvalue weighted by molar-refractivity contribution is 5.94. The number of hydrogen-bond acceptors (Lipinski definition) is 2. The van der Waals surface area contributed by atoms with E-state index in [9.17, 15) is 18.0 Å². The normalized spacial score (nSPS) is 14.5. The van der Waals surface area contributed by atoms with E-state index in [1.807, 2.05) is 0 Å². The smallest absolute Gasteiger partial charge is 0.378 e. The monoisotopic (exact) mass is 359 g/mol. The lowest BCUT2D eigenvalue weighted by Gasteiger charge is -2.24. The van der Waals surface area contributed by atoms with Gasteiger partial charge in [-0.15, -0.1) is 0 Å². The van der Waals surface area contributed by atoms with Crippen molar-refractivity contribution in [2.75, 3.05) is 26.3 Å². The van der Waals surface area contributed by atoms with Gasteiger partial charge in [0.25, 0.3) is 5.91 Å². The fourth-order valence-electron chi connectivity index (χ4n) is 2.70. The van der Waals surface area contributed by atoms with Crippen LogP contribution in [0.15, 0.2) is 48.5 Å². The van der Waals surface area contributed by atoms with E-state index >= 15 is 0 Å². The van der Waals surface area contributed by atoms with Gasteiger partial charge in [0.1, 0.15) is 0 Å². The molecule has 26 heavy (non-hydrogen) atoms. The third kappa shape index (κ3) is 4.24. The Labute approximate surface area is 149 Å². The molecule has 2 aromatic rings. The van der Waals surface area contributed by atoms with Gasteiger partial charge in [-0.2, -0.15) is 13.2 Å². The SMILES string of the molecule is O=C(C#Cc1ccc(-c2ccccc2)c(C(F)(F)F)c1)N1CCOCC1. The molecule has 0 N–H and O–H groups in total. The molecule has 1 aliphatic rings. The predicted molar refractivity (Wildman–Crippen MR) is 91.2 cm³/mol. The third-order valence-corrected chi connectivity index (χ3v) is 4.02. The average molecular weight is 359 g/mol. The zero-order chi connectivity index (χ0) is 18.6. The maximum absolute atomic E-state index is 13.5. The van der Waals surface area contributed by atoms with Crippen LogP contribution in [0.4, 0.5) is 13.2 Å². The highest BCUT2D eigenvalue weighted by Crippen LogP contribution is 2.37. The van der Waals surface area contributed by atoms with Crippen molar-refractivity contribution in [1.29, 1.82) is 0 Å². The molecule has 0 aliphatic carbocycles. The molecule has 2 aromatic carbocycles. The molecule has 0 saturated carbocycles. The molecule has 3 nitrogen and oxygen atoms in total. The molecule has 1 saturated heterocycles. The summed E-state index contributed by atoms with van der Waals surface area (Å²) in [7, 11) is 0. The summed E-state index contributed by atoms with van der Waals surface area (Å²) in [5.74, 6) is 4.56. The number of ether oxygens (including phenoxy) is 1. The lowest BCUT2D eigenvalue weighted by Crippen LogP contribution is -2.40. The minimum atomic E-state index is -4.52. The predicted octanol–water partition coefficient (Wildman–Crippen LogP) is 3.58. The van der Waals surface area contributed by atoms with Crippen LogP contribution in [0.5, 0.6) is 0 Å². The zero-order valence-corrected chi connectivity index (χ0v) is 13.8. The first-order valence-electron chi connectivity index (χ1n) is 8.10. The molecule has 1 heterocycles. The number of nitrogens with zero attached hydrogens (tertiary/aromatic N) is 1. The summed E-state index contributed by atoms with van der Waals surface area (Å²) in [6.45, 7) is 1.76. The van der Waals surface area contributed by atoms with E-state index in [1.54, 1.807) is 30.3 Å². The second-order valence-corrected chi connectivity index (χ2v) is 5.78. The maximum Gasteiger partial charge on any atom is 0.417 e. The van der Waals surface area contributed by atoms with Gasteiger partial charge < -0.3 is 9.64 Å². The van der Waals surface area contributed by atoms with Gasteiger partial charge in [0.05, 0.1) is 18.8 Å². The average Bonchev–Trinajstić information content (AvgIpc) is 2.66. The topological polar surface area (TPSA) is 29.5 Å². The Morgan fingerprint density at radius 3 is 2.38 bits per heavy atom. The summed E-state index contributed by atoms with van der Waals surface area (Å²) in [4.78, 5) is 13.5. The Bertz CT molecular complexity index is 845. The molecule has 0 bridgehead atoms. The first-order valence-corrected chi connectivity index (χ1v) is 8.10. The van der Waals surface area contributed by atoms with Gasteiger partial charge in [0, 0.05) is 24.6 Å². The van der Waals surface area contributed by atoms with Crippen molar-refractivity contribution >= 4 is 5.91 Å². The first kappa shape index (κ1) is 18.0. The zero-order valence-electron chi connectivity index (χ0n) is 13.8. The van der Waals surface area contributed by atoms with Crippen LogP contribution < -0.4 is 0 Å². The summed E-state index contributed by atoms with van der Waals surface area (Å²) < 4.78 is 45.6. The highest BCUT2D eigenvalue weighted by atomic mass is 19.4. The molecule has 6 heteroatoms. The van der Waals surface area contributed by atoms with Gasteiger partial charge in [-0.1, -0.05) is 42.3 Å². The van der Waals surface area contributed by atoms with E-state index in [2.05, 4.69) is 11.8 Å². The Balaban J connectivity index is 1.91. The van der Waals surface area contributed by atoms with Crippen LogP contribution in [0.2, 0.25) is 0 Å². The van der Waals surface area contributed by atoms with Crippen molar-refractivity contribution in [3.8, 4) is 23.0 Å². The highest BCUT2D eigenvalue weighted by Gasteiger charge is 2.33. The molecular weight excluding hydrogens is 343 g/mol. The van der Waals surface area contributed by atoms with Gasteiger partial charge in [0.15, 0.2) is 0 Å². The summed E-state index contributed by atoms with van der Waals surface area (Å²) in [5, 5.41) is 0. The molecule has 0 aromatic heterocycles. The van der Waals surface area contributed by atoms with Crippen molar-refractivity contribution in [2.24, 2.45) is 0 Å². The molecule has 0 unspecified atom stereocenters. The fourth-order valence-corrected chi connectivity index (χ4v) is 2.70. The molecule has 0 radical (unpaired) electrons. The summed E-state index contributed by atoms with van der Waals surface area (Å²) in [5.41, 5.74) is -0.0557. The van der Waals surface area contributed by atoms with Crippen LogP contribution in [-0.4, -0.2) is 37.1 Å². The van der Waals surface area contributed by atoms with E-state index in [0.29, 0.717) is 31.9 Å². The Kier molecular flexibility index (Phi) is 5.29. The van der Waals surface area contributed by atoms with Crippen molar-refractivity contribution < 1.29 is 22.7 Å². The van der Waals surface area contributed by atoms with Crippen LogP contribution in [0.25, 0.3) is 11.1 Å². The van der Waals surface area contributed by atoms with E-state index in [0.717, 1.165) is 6.07 Å². The van der Waals surface area contributed by atoms with Gasteiger partial charge in [0.2, 0.25) is 0 Å². The molecule has 134 valence electrons. The van der Waals surface area contributed by atoms with E-state index in [1.165, 1.54) is 17.0 Å². The second-order valence-electron chi connectivity index (χ2n) is 5.78. The van der Waals surface area contributed by atoms with Gasteiger partial charge in [-0.3, -0.25) is 4.79 Å². The second kappa shape index (κ2) is 7.63. The van der Waals surface area contributed by atoms with Crippen LogP contribution in [0, 0.1) is 11.8 Å². The third-order valence-electron chi connectivity index (χ3n) is 4.02. The van der Waals surface area contributed by atoms with Crippen molar-refractivity contribution in [1.82, 2.24) is 4.90 Å². The molecular formula is C20H16F3NO2. The Hall–Kier alpha value is -2.78. The van der Waals surface area contributed by atoms with Gasteiger partial charge in [-0.25, -0.2) is 0 Å². The number of morpholine rings is 1. The largest absolute Gasteiger partial charge is 0.417 e. The van der Waals surface area contributed by atoms with Crippen molar-refractivity contribution in [3.63, 3.8) is 0 Å². The van der Waals surface area contributed by atoms with Crippen molar-refractivity contribution in [2.45, 2.75) is 6.18 Å². The van der Waals surface area contributed by atoms with E-state index in [4.69, 9.17) is 4.74 Å². The van der Waals surface area contributed by atoms with Gasteiger partial charge in [-0.05, 0) is 23.3 Å². The summed E-state index contributed by atoms with van der Waals surface area (Å²) in [6.07, 6.45) is -4.52. The molecule has 1 fully saturated rings. The van der Waals surface area contributed by atoms with Crippen LogP contribution in [-0.2, 0) is 15.7 Å². The summed E-state index contributed by atoms with van der Waals surface area (Å²) in [6, 6.07) is 12.2. The van der Waals surface area contributed by atoms with Crippen LogP contribution >= 0.6 is 0 Å². The Morgan fingerprint density at radius 2 is 1.73 bits per heavy atom. The van der Waals surface area contributed by atoms with Crippen LogP contribution in [0.1, 0.15) is 11.1 Å². The number of halogens is 3. The minimum absolute atomic E-state index is 0.0863. The fraction of sp³-hybridized carbons (Fsp3) is 0.250. The lowest BCUT2D eigenvalue weighted by atomic mass is 9.97. The summed E-state index contributed by atoms with van der Waals surface area (Å²) >= 11 is 0. The minimum Gasteiger partial charge on any atom is -0.378 e. The van der Waals surface area contributed by atoms with E-state index < -0.39 is 17.6 Å². The molecule has 3 rings (SSSR count).